The molecule has 1 aliphatic rings. The van der Waals surface area contributed by atoms with Crippen LogP contribution in [0.3, 0.4) is 0 Å². The normalized spacial score (nSPS) is 19.5. The summed E-state index contributed by atoms with van der Waals surface area (Å²) in [5.41, 5.74) is 2.52. The van der Waals surface area contributed by atoms with E-state index in [4.69, 9.17) is 0 Å². The van der Waals surface area contributed by atoms with Gasteiger partial charge in [-0.25, -0.2) is 0 Å². The zero-order valence-corrected chi connectivity index (χ0v) is 17.0. The molecule has 1 aliphatic heterocycles. The molecule has 1 amide bonds. The second kappa shape index (κ2) is 9.21. The van der Waals surface area contributed by atoms with Crippen LogP contribution in [0.15, 0.2) is 72.8 Å². The van der Waals surface area contributed by atoms with Crippen molar-refractivity contribution >= 4 is 16.7 Å². The highest BCUT2D eigenvalue weighted by Gasteiger charge is 2.36. The van der Waals surface area contributed by atoms with Crippen molar-refractivity contribution < 1.29 is 4.79 Å². The summed E-state index contributed by atoms with van der Waals surface area (Å²) in [4.78, 5) is 14.9. The Hall–Kier alpha value is -2.69. The van der Waals surface area contributed by atoms with Crippen molar-refractivity contribution in [3.05, 3.63) is 83.9 Å². The maximum absolute atomic E-state index is 12.6. The lowest BCUT2D eigenvalue weighted by Gasteiger charge is -2.23. The van der Waals surface area contributed by atoms with E-state index in [0.29, 0.717) is 12.6 Å². The number of likely N-dealkylation sites (tertiary alicyclic amines) is 1. The van der Waals surface area contributed by atoms with Crippen molar-refractivity contribution in [2.75, 3.05) is 13.1 Å². The van der Waals surface area contributed by atoms with E-state index in [0.717, 1.165) is 26.1 Å². The van der Waals surface area contributed by atoms with Gasteiger partial charge in [0, 0.05) is 32.2 Å². The number of benzene rings is 3. The van der Waals surface area contributed by atoms with E-state index >= 15 is 0 Å². The molecule has 4 nitrogen and oxygen atoms in total. The number of nitrogens with zero attached hydrogens (tertiary/aromatic N) is 1. The van der Waals surface area contributed by atoms with E-state index in [9.17, 15) is 4.79 Å². The average molecular weight is 388 g/mol. The molecule has 3 aromatic rings. The fraction of sp³-hybridized carbons (Fsp3) is 0.320. The molecule has 1 heterocycles. The molecular formula is C25H29N3O. The Bertz CT molecular complexity index is 956. The van der Waals surface area contributed by atoms with E-state index < -0.39 is 0 Å². The molecule has 3 aromatic carbocycles. The van der Waals surface area contributed by atoms with Gasteiger partial charge in [-0.3, -0.25) is 9.69 Å². The van der Waals surface area contributed by atoms with Crippen LogP contribution in [0.2, 0.25) is 0 Å². The smallest absolute Gasteiger partial charge is 0.237 e. The zero-order chi connectivity index (χ0) is 20.1. The molecule has 2 atom stereocenters. The van der Waals surface area contributed by atoms with Gasteiger partial charge in [-0.1, -0.05) is 66.7 Å². The summed E-state index contributed by atoms with van der Waals surface area (Å²) in [7, 11) is 0. The van der Waals surface area contributed by atoms with Crippen LogP contribution in [0.1, 0.15) is 24.5 Å². The van der Waals surface area contributed by atoms with Gasteiger partial charge < -0.3 is 10.6 Å². The molecule has 0 radical (unpaired) electrons. The molecule has 1 fully saturated rings. The van der Waals surface area contributed by atoms with Crippen LogP contribution in [0.5, 0.6) is 0 Å². The van der Waals surface area contributed by atoms with Crippen molar-refractivity contribution in [1.29, 1.82) is 0 Å². The first-order valence-corrected chi connectivity index (χ1v) is 10.5. The number of hydrogen-bond acceptors (Lipinski definition) is 3. The van der Waals surface area contributed by atoms with Crippen molar-refractivity contribution in [1.82, 2.24) is 15.5 Å². The number of nitrogens with one attached hydrogen (secondary N) is 2. The van der Waals surface area contributed by atoms with Crippen molar-refractivity contribution in [3.63, 3.8) is 0 Å². The summed E-state index contributed by atoms with van der Waals surface area (Å²) in [6, 6.07) is 25.7. The molecule has 0 saturated carbocycles. The second-order valence-corrected chi connectivity index (χ2v) is 7.82. The Morgan fingerprint density at radius 3 is 2.52 bits per heavy atom. The molecule has 4 rings (SSSR count). The predicted molar refractivity (Wildman–Crippen MR) is 119 cm³/mol. The SMILES string of the molecule is CCNC(=O)[C@@H]1C[C@H](NCc2ccc3ccccc3c2)CN1Cc1ccccc1. The molecule has 0 aliphatic carbocycles. The molecule has 1 saturated heterocycles. The first kappa shape index (κ1) is 19.6. The van der Waals surface area contributed by atoms with Crippen molar-refractivity contribution in [3.8, 4) is 0 Å². The molecular weight excluding hydrogens is 358 g/mol. The highest BCUT2D eigenvalue weighted by molar-refractivity contribution is 5.83. The minimum atomic E-state index is -0.0794. The average Bonchev–Trinajstić information content (AvgIpc) is 3.16. The maximum atomic E-state index is 12.6. The minimum Gasteiger partial charge on any atom is -0.355 e. The van der Waals surface area contributed by atoms with Crippen LogP contribution >= 0.6 is 0 Å². The van der Waals surface area contributed by atoms with Gasteiger partial charge in [0.1, 0.15) is 0 Å². The summed E-state index contributed by atoms with van der Waals surface area (Å²) in [5, 5.41) is 9.23. The van der Waals surface area contributed by atoms with Gasteiger partial charge in [-0.05, 0) is 41.3 Å². The van der Waals surface area contributed by atoms with Gasteiger partial charge in [0.05, 0.1) is 6.04 Å². The third-order valence-electron chi connectivity index (χ3n) is 5.69. The first-order chi connectivity index (χ1) is 14.2. The van der Waals surface area contributed by atoms with E-state index in [-0.39, 0.29) is 11.9 Å². The molecule has 0 unspecified atom stereocenters. The quantitative estimate of drug-likeness (QED) is 0.650. The molecule has 4 heteroatoms. The lowest BCUT2D eigenvalue weighted by molar-refractivity contribution is -0.125. The Morgan fingerprint density at radius 1 is 0.966 bits per heavy atom. The lowest BCUT2D eigenvalue weighted by Crippen LogP contribution is -2.42. The highest BCUT2D eigenvalue weighted by Crippen LogP contribution is 2.22. The van der Waals surface area contributed by atoms with Crippen LogP contribution in [-0.4, -0.2) is 36.0 Å². The predicted octanol–water partition coefficient (Wildman–Crippen LogP) is 3.71. The summed E-state index contributed by atoms with van der Waals surface area (Å²) in [5.74, 6) is 0.137. The summed E-state index contributed by atoms with van der Waals surface area (Å²) >= 11 is 0. The molecule has 29 heavy (non-hydrogen) atoms. The standard InChI is InChI=1S/C25H29N3O/c1-2-26-25(29)24-15-23(18-28(24)17-19-8-4-3-5-9-19)27-16-20-12-13-21-10-6-7-11-22(21)14-20/h3-14,23-24,27H,2,15-18H2,1H3,(H,26,29)/t23-,24-/m0/s1. The topological polar surface area (TPSA) is 44.4 Å². The molecule has 150 valence electrons. The molecule has 0 aromatic heterocycles. The van der Waals surface area contributed by atoms with Gasteiger partial charge in [-0.2, -0.15) is 0 Å². The summed E-state index contributed by atoms with van der Waals surface area (Å²) in [6.45, 7) is 5.14. The number of carbonyl (C=O) groups is 1. The molecule has 2 N–H and O–H groups in total. The Balaban J connectivity index is 1.42. The Labute approximate surface area is 172 Å². The zero-order valence-electron chi connectivity index (χ0n) is 17.0. The largest absolute Gasteiger partial charge is 0.355 e. The van der Waals surface area contributed by atoms with Gasteiger partial charge in [0.2, 0.25) is 5.91 Å². The van der Waals surface area contributed by atoms with E-state index in [1.807, 2.05) is 13.0 Å². The first-order valence-electron chi connectivity index (χ1n) is 10.5. The van der Waals surface area contributed by atoms with Gasteiger partial charge in [0.15, 0.2) is 0 Å². The third kappa shape index (κ3) is 4.84. The number of rotatable bonds is 7. The van der Waals surface area contributed by atoms with Gasteiger partial charge in [-0.15, -0.1) is 0 Å². The lowest BCUT2D eigenvalue weighted by atomic mass is 10.1. The van der Waals surface area contributed by atoms with Crippen LogP contribution in [0.25, 0.3) is 10.8 Å². The fourth-order valence-corrected chi connectivity index (χ4v) is 4.22. The number of amides is 1. The maximum Gasteiger partial charge on any atom is 0.237 e. The Morgan fingerprint density at radius 2 is 1.72 bits per heavy atom. The molecule has 0 bridgehead atoms. The monoisotopic (exact) mass is 387 g/mol. The van der Waals surface area contributed by atoms with Crippen LogP contribution in [0.4, 0.5) is 0 Å². The number of hydrogen-bond donors (Lipinski definition) is 2. The minimum absolute atomic E-state index is 0.0794. The van der Waals surface area contributed by atoms with Crippen molar-refractivity contribution in [2.45, 2.75) is 38.5 Å². The van der Waals surface area contributed by atoms with E-state index in [1.54, 1.807) is 0 Å². The van der Waals surface area contributed by atoms with Crippen molar-refractivity contribution in [2.24, 2.45) is 0 Å². The van der Waals surface area contributed by atoms with Gasteiger partial charge >= 0.3 is 0 Å². The highest BCUT2D eigenvalue weighted by atomic mass is 16.2. The molecule has 0 spiro atoms. The van der Waals surface area contributed by atoms with Crippen LogP contribution in [0, 0.1) is 0 Å². The van der Waals surface area contributed by atoms with Gasteiger partial charge in [0.25, 0.3) is 0 Å². The Kier molecular flexibility index (Phi) is 6.23. The number of likely N-dealkylation sites (N-methyl/N-ethyl adjacent to an activating group) is 1. The second-order valence-electron chi connectivity index (χ2n) is 7.82. The number of carbonyl (C=O) groups excluding carboxylic acids is 1. The van der Waals surface area contributed by atoms with Crippen LogP contribution < -0.4 is 10.6 Å². The van der Waals surface area contributed by atoms with E-state index in [1.165, 1.54) is 21.9 Å². The van der Waals surface area contributed by atoms with E-state index in [2.05, 4.69) is 82.3 Å². The summed E-state index contributed by atoms with van der Waals surface area (Å²) < 4.78 is 0. The summed E-state index contributed by atoms with van der Waals surface area (Å²) in [6.07, 6.45) is 0.840. The van der Waals surface area contributed by atoms with Crippen LogP contribution in [-0.2, 0) is 17.9 Å². The third-order valence-corrected chi connectivity index (χ3v) is 5.69. The fourth-order valence-electron chi connectivity index (χ4n) is 4.22. The number of fused-ring (bicyclic) bond motifs is 1.